The minimum absolute atomic E-state index is 0.109. The van der Waals surface area contributed by atoms with Crippen molar-refractivity contribution in [2.24, 2.45) is 23.7 Å². The number of likely N-dealkylation sites (N-methyl/N-ethyl adjacent to an activating group) is 1. The smallest absolute Gasteiger partial charge is 0.105 e. The first-order valence-corrected chi connectivity index (χ1v) is 32.7. The predicted molar refractivity (Wildman–Crippen MR) is 367 cm³/mol. The van der Waals surface area contributed by atoms with Gasteiger partial charge >= 0.3 is 0 Å². The predicted octanol–water partition coefficient (Wildman–Crippen LogP) is 14.9. The van der Waals surface area contributed by atoms with Gasteiger partial charge in [0.2, 0.25) is 0 Å². The van der Waals surface area contributed by atoms with E-state index in [-0.39, 0.29) is 23.7 Å². The quantitative estimate of drug-likeness (QED) is 0.116. The highest BCUT2D eigenvalue weighted by Crippen LogP contribution is 2.38. The van der Waals surface area contributed by atoms with Crippen molar-refractivity contribution in [1.29, 1.82) is 21.0 Å². The lowest BCUT2D eigenvalue weighted by molar-refractivity contribution is 0.373. The fraction of sp³-hybridized carbons (Fsp3) is 0.282. The number of halogens is 2. The molecule has 0 aliphatic heterocycles. The standard InChI is InChI=1S/C26H27N7.C19H15BrN4.C13H11IN4.C13H12N4/c1-31(2)13-14-32-18-23(16-29-32)20-7-9-21(10-8-20)24-17-30-33-12-11-28-25(26(24)33)22-5-3-19(15-27)4-6-22;20-16-7-5-14(6-8-16)17-12-23-24-10-9-22-18(19(17)24)15-3-1-13(11-21)2-4-15;14-11-8-17-18-6-5-16-12(13(11)18)10-3-1-9(7-15)2-4-10;14-9-10-1-3-11(4-2-10)13-12-5-6-16-17(12)8-7-15-13/h5,7-12,16-19H,3-4,6,13-14H2,1-2H3;3,5-10,12-13H,1-2,4H2;3,5-6,8-9H,1-2,4H2;3,5-8,10H,1-2,4H2. The van der Waals surface area contributed by atoms with Crippen LogP contribution in [0.4, 0.5) is 0 Å². The zero-order valence-electron chi connectivity index (χ0n) is 51.1. The van der Waals surface area contributed by atoms with Crippen molar-refractivity contribution < 1.29 is 0 Å². The molecule has 19 nitrogen and oxygen atoms in total. The number of nitrogens with zero attached hydrogens (tertiary/aromatic N) is 19. The first-order valence-electron chi connectivity index (χ1n) is 30.9. The van der Waals surface area contributed by atoms with Gasteiger partial charge in [0.15, 0.2) is 0 Å². The van der Waals surface area contributed by atoms with Crippen LogP contribution in [0.25, 0.3) is 77.7 Å². The molecule has 0 radical (unpaired) electrons. The zero-order chi connectivity index (χ0) is 63.5. The van der Waals surface area contributed by atoms with Gasteiger partial charge in [-0.25, -0.2) is 18.1 Å². The highest BCUT2D eigenvalue weighted by Gasteiger charge is 2.24. The minimum Gasteiger partial charge on any atom is -0.308 e. The van der Waals surface area contributed by atoms with Crippen LogP contribution in [-0.2, 0) is 6.54 Å². The summed E-state index contributed by atoms with van der Waals surface area (Å²) >= 11 is 5.76. The Kier molecular flexibility index (Phi) is 19.7. The molecular formula is C71H65BrIN19. The maximum absolute atomic E-state index is 9.22. The minimum atomic E-state index is 0.109. The summed E-state index contributed by atoms with van der Waals surface area (Å²) in [6.07, 6.45) is 45.2. The molecule has 0 amide bonds. The third-order valence-electron chi connectivity index (χ3n) is 17.3. The second kappa shape index (κ2) is 29.0. The van der Waals surface area contributed by atoms with Crippen molar-refractivity contribution >= 4 is 82.9 Å². The molecule has 4 aliphatic carbocycles. The molecule has 0 N–H and O–H groups in total. The van der Waals surface area contributed by atoms with Gasteiger partial charge in [0.25, 0.3) is 0 Å². The molecule has 4 aliphatic rings. The second-order valence-electron chi connectivity index (χ2n) is 23.5. The molecule has 11 aromatic rings. The fourth-order valence-electron chi connectivity index (χ4n) is 12.1. The van der Waals surface area contributed by atoms with Gasteiger partial charge in [0, 0.05) is 83.5 Å². The van der Waals surface area contributed by atoms with Gasteiger partial charge in [0.1, 0.15) is 5.52 Å². The van der Waals surface area contributed by atoms with Crippen LogP contribution in [-0.4, -0.2) is 93.7 Å². The molecule has 458 valence electrons. The van der Waals surface area contributed by atoms with Crippen LogP contribution >= 0.6 is 38.5 Å². The van der Waals surface area contributed by atoms with E-state index in [1.54, 1.807) is 31.0 Å². The molecule has 92 heavy (non-hydrogen) atoms. The van der Waals surface area contributed by atoms with E-state index in [1.807, 2.05) is 90.5 Å². The van der Waals surface area contributed by atoms with E-state index < -0.39 is 0 Å². The Labute approximate surface area is 555 Å². The number of hydrogen-bond donors (Lipinski definition) is 0. The molecule has 4 unspecified atom stereocenters. The van der Waals surface area contributed by atoms with Gasteiger partial charge in [-0.05, 0) is 171 Å². The Morgan fingerprint density at radius 2 is 0.880 bits per heavy atom. The van der Waals surface area contributed by atoms with Crippen molar-refractivity contribution in [3.05, 3.63) is 196 Å². The Hall–Kier alpha value is -9.78. The number of allylic oxidation sites excluding steroid dienone is 8. The molecule has 0 spiro atoms. The molecule has 0 saturated heterocycles. The first kappa shape index (κ1) is 62.4. The van der Waals surface area contributed by atoms with Gasteiger partial charge in [-0.2, -0.15) is 46.5 Å². The van der Waals surface area contributed by atoms with E-state index in [2.05, 4.69) is 189 Å². The second-order valence-corrected chi connectivity index (χ2v) is 25.5. The summed E-state index contributed by atoms with van der Waals surface area (Å²) < 4.78 is 11.6. The van der Waals surface area contributed by atoms with Gasteiger partial charge < -0.3 is 4.90 Å². The number of aromatic nitrogens is 14. The number of benzene rings is 2. The maximum atomic E-state index is 9.22. The topological polar surface area (TPSA) is 237 Å². The zero-order valence-corrected chi connectivity index (χ0v) is 54.8. The van der Waals surface area contributed by atoms with E-state index in [9.17, 15) is 5.26 Å². The maximum Gasteiger partial charge on any atom is 0.105 e. The lowest BCUT2D eigenvalue weighted by atomic mass is 9.88. The number of hydrogen-bond acceptors (Lipinski definition) is 14. The average molecular weight is 1390 g/mol. The van der Waals surface area contributed by atoms with Crippen LogP contribution in [0.3, 0.4) is 0 Å². The van der Waals surface area contributed by atoms with Gasteiger partial charge in [-0.15, -0.1) is 0 Å². The van der Waals surface area contributed by atoms with Crippen LogP contribution in [0.2, 0.25) is 0 Å². The summed E-state index contributed by atoms with van der Waals surface area (Å²) in [6.45, 7) is 1.83. The van der Waals surface area contributed by atoms with Crippen LogP contribution in [0.5, 0.6) is 0 Å². The molecule has 0 saturated carbocycles. The summed E-state index contributed by atoms with van der Waals surface area (Å²) in [7, 11) is 4.14. The molecule has 21 heteroatoms. The van der Waals surface area contributed by atoms with Gasteiger partial charge in [-0.3, -0.25) is 24.6 Å². The normalized spacial score (nSPS) is 17.9. The van der Waals surface area contributed by atoms with Crippen LogP contribution in [0.1, 0.15) is 99.8 Å². The Bertz CT molecular complexity index is 4760. The molecule has 9 heterocycles. The summed E-state index contributed by atoms with van der Waals surface area (Å²) in [4.78, 5) is 20.4. The molecular weight excluding hydrogens is 1330 g/mol. The third-order valence-corrected chi connectivity index (χ3v) is 18.6. The summed E-state index contributed by atoms with van der Waals surface area (Å²) in [6, 6.07) is 28.2. The number of nitriles is 4. The van der Waals surface area contributed by atoms with Gasteiger partial charge in [0.05, 0.1) is 128 Å². The molecule has 0 bridgehead atoms. The summed E-state index contributed by atoms with van der Waals surface area (Å²) in [5, 5.41) is 58.2. The Balaban J connectivity index is 0.000000123. The largest absolute Gasteiger partial charge is 0.308 e. The van der Waals surface area contributed by atoms with Gasteiger partial charge in [-0.1, -0.05) is 76.6 Å². The number of rotatable bonds is 10. The van der Waals surface area contributed by atoms with Crippen LogP contribution in [0.15, 0.2) is 170 Å². The van der Waals surface area contributed by atoms with E-state index in [0.29, 0.717) is 0 Å². The Morgan fingerprint density at radius 1 is 0.467 bits per heavy atom. The fourth-order valence-corrected chi connectivity index (χ4v) is 13.0. The monoisotopic (exact) mass is 1390 g/mol. The average Bonchev–Trinajstić information content (AvgIpc) is 1.66. The van der Waals surface area contributed by atoms with E-state index >= 15 is 0 Å². The van der Waals surface area contributed by atoms with Crippen molar-refractivity contribution in [3.8, 4) is 57.7 Å². The summed E-state index contributed by atoms with van der Waals surface area (Å²) in [5.74, 6) is 0.572. The number of fused-ring (bicyclic) bond motifs is 4. The first-order chi connectivity index (χ1) is 45.1. The SMILES string of the molecule is CN(C)CCn1cc(-c2ccc(-c3cnn4ccnc(C5=CCC(C#N)CC5)c34)cc2)cn1.N#CC1CC=C(c2nccn3ncc(-c4ccc(Br)cc4)c23)CC1.N#CC1CC=C(c2nccn3ncc(I)c23)CC1.N#CC1CC=C(c2nccn3nccc23)CC1. The van der Waals surface area contributed by atoms with E-state index in [4.69, 9.17) is 20.8 Å². The lowest BCUT2D eigenvalue weighted by Gasteiger charge is -2.17. The van der Waals surface area contributed by atoms with Crippen molar-refractivity contribution in [2.45, 2.75) is 83.6 Å². The van der Waals surface area contributed by atoms with Crippen LogP contribution in [0, 0.1) is 72.6 Å². The van der Waals surface area contributed by atoms with Crippen molar-refractivity contribution in [1.82, 2.24) is 73.1 Å². The highest BCUT2D eigenvalue weighted by atomic mass is 127. The molecule has 2 aromatic carbocycles. The van der Waals surface area contributed by atoms with Crippen molar-refractivity contribution in [3.63, 3.8) is 0 Å². The Morgan fingerprint density at radius 3 is 1.34 bits per heavy atom. The molecule has 15 rings (SSSR count). The summed E-state index contributed by atoms with van der Waals surface area (Å²) in [5.41, 5.74) is 19.6. The molecule has 9 aromatic heterocycles. The van der Waals surface area contributed by atoms with Crippen molar-refractivity contribution in [2.75, 3.05) is 20.6 Å². The lowest BCUT2D eigenvalue weighted by Crippen LogP contribution is -2.18. The van der Waals surface area contributed by atoms with E-state index in [0.717, 1.165) is 176 Å². The molecule has 0 fully saturated rings. The highest BCUT2D eigenvalue weighted by molar-refractivity contribution is 14.1. The van der Waals surface area contributed by atoms with E-state index in [1.165, 1.54) is 22.3 Å². The third kappa shape index (κ3) is 14.1. The molecule has 4 atom stereocenters. The van der Waals surface area contributed by atoms with Crippen LogP contribution < -0.4 is 0 Å².